The summed E-state index contributed by atoms with van der Waals surface area (Å²) in [6.07, 6.45) is 2.31. The van der Waals surface area contributed by atoms with Gasteiger partial charge in [-0.1, -0.05) is 18.6 Å². The number of amides is 1. The van der Waals surface area contributed by atoms with Crippen LogP contribution in [0.1, 0.15) is 54.2 Å². The minimum atomic E-state index is -0.0855. The van der Waals surface area contributed by atoms with Crippen LogP contribution < -0.4 is 5.32 Å². The third-order valence-electron chi connectivity index (χ3n) is 4.72. The Labute approximate surface area is 136 Å². The predicted octanol–water partition coefficient (Wildman–Crippen LogP) is 3.17. The first-order chi connectivity index (χ1) is 11.0. The van der Waals surface area contributed by atoms with E-state index < -0.39 is 0 Å². The second kappa shape index (κ2) is 6.28. The minimum absolute atomic E-state index is 0.0247. The number of nitrogens with one attached hydrogen (secondary N) is 1. The molecule has 2 aromatic rings. The minimum Gasteiger partial charge on any atom is -0.396 e. The molecule has 122 valence electrons. The zero-order chi connectivity index (χ0) is 16.6. The van der Waals surface area contributed by atoms with Crippen molar-refractivity contribution in [2.75, 3.05) is 6.61 Å². The first-order valence-corrected chi connectivity index (χ1v) is 8.32. The molecule has 0 saturated heterocycles. The molecule has 1 aromatic heterocycles. The molecule has 1 aliphatic rings. The molecular weight excluding hydrogens is 288 g/mol. The molecule has 2 N–H and O–H groups in total. The van der Waals surface area contributed by atoms with Gasteiger partial charge in [0.05, 0.1) is 11.1 Å². The average Bonchev–Trinajstić information content (AvgIpc) is 3.37. The molecule has 4 nitrogen and oxygen atoms in total. The van der Waals surface area contributed by atoms with Crippen molar-refractivity contribution in [2.24, 2.45) is 5.92 Å². The van der Waals surface area contributed by atoms with Crippen LogP contribution in [0.15, 0.2) is 24.3 Å². The number of carbonyl (C=O) groups is 1. The van der Waals surface area contributed by atoms with Crippen LogP contribution in [0, 0.1) is 12.8 Å². The van der Waals surface area contributed by atoms with E-state index in [1.807, 2.05) is 45.0 Å². The molecule has 1 heterocycles. The van der Waals surface area contributed by atoms with Crippen molar-refractivity contribution >= 4 is 16.8 Å². The number of nitrogens with zero attached hydrogens (tertiary/aromatic N) is 1. The Bertz CT molecular complexity index is 737. The smallest absolute Gasteiger partial charge is 0.252 e. The maximum absolute atomic E-state index is 12.8. The van der Waals surface area contributed by atoms with Crippen LogP contribution in [0.5, 0.6) is 0 Å². The Morgan fingerprint density at radius 2 is 2.09 bits per heavy atom. The number of carbonyl (C=O) groups excluding carboxylic acids is 1. The van der Waals surface area contributed by atoms with Gasteiger partial charge in [-0.05, 0) is 50.8 Å². The standard InChI is InChI=1S/C19H24N2O2/c1-11-4-7-17-15(8-11)16(9-18(21-17)14-5-6-14)19(23)20-13(3)12(2)10-22/h4,7-9,12-14,22H,5-6,10H2,1-3H3,(H,20,23). The van der Waals surface area contributed by atoms with Crippen molar-refractivity contribution in [2.45, 2.75) is 45.6 Å². The highest BCUT2D eigenvalue weighted by Crippen LogP contribution is 2.40. The number of aryl methyl sites for hydroxylation is 1. The van der Waals surface area contributed by atoms with Crippen LogP contribution in [-0.2, 0) is 0 Å². The summed E-state index contributed by atoms with van der Waals surface area (Å²) >= 11 is 0. The van der Waals surface area contributed by atoms with Crippen LogP contribution in [0.2, 0.25) is 0 Å². The Morgan fingerprint density at radius 3 is 2.74 bits per heavy atom. The second-order valence-corrected chi connectivity index (χ2v) is 6.81. The van der Waals surface area contributed by atoms with Gasteiger partial charge in [0.15, 0.2) is 0 Å². The van der Waals surface area contributed by atoms with Gasteiger partial charge in [0.25, 0.3) is 5.91 Å². The molecule has 3 rings (SSSR count). The second-order valence-electron chi connectivity index (χ2n) is 6.81. The third kappa shape index (κ3) is 3.37. The van der Waals surface area contributed by atoms with E-state index in [9.17, 15) is 9.90 Å². The van der Waals surface area contributed by atoms with Crippen LogP contribution in [0.3, 0.4) is 0 Å². The van der Waals surface area contributed by atoms with Gasteiger partial charge in [-0.3, -0.25) is 9.78 Å². The van der Waals surface area contributed by atoms with E-state index in [1.54, 1.807) is 0 Å². The molecular formula is C19H24N2O2. The molecule has 1 amide bonds. The summed E-state index contributed by atoms with van der Waals surface area (Å²) in [4.78, 5) is 17.5. The highest BCUT2D eigenvalue weighted by Gasteiger charge is 2.27. The molecule has 0 aliphatic heterocycles. The molecule has 23 heavy (non-hydrogen) atoms. The van der Waals surface area contributed by atoms with E-state index in [2.05, 4.69) is 5.32 Å². The number of aliphatic hydroxyl groups excluding tert-OH is 1. The third-order valence-corrected chi connectivity index (χ3v) is 4.72. The SMILES string of the molecule is Cc1ccc2nc(C3CC3)cc(C(=O)NC(C)C(C)CO)c2c1. The summed E-state index contributed by atoms with van der Waals surface area (Å²) in [6.45, 7) is 5.93. The normalized spacial score (nSPS) is 17.0. The maximum atomic E-state index is 12.8. The molecule has 2 unspecified atom stereocenters. The summed E-state index contributed by atoms with van der Waals surface area (Å²) < 4.78 is 0. The van der Waals surface area contributed by atoms with Crippen molar-refractivity contribution in [3.05, 3.63) is 41.1 Å². The number of aliphatic hydroxyl groups is 1. The quantitative estimate of drug-likeness (QED) is 0.891. The van der Waals surface area contributed by atoms with E-state index in [-0.39, 0.29) is 24.5 Å². The van der Waals surface area contributed by atoms with Gasteiger partial charge in [0.1, 0.15) is 0 Å². The molecule has 0 spiro atoms. The fraction of sp³-hybridized carbons (Fsp3) is 0.474. The van der Waals surface area contributed by atoms with E-state index in [0.29, 0.717) is 11.5 Å². The Morgan fingerprint density at radius 1 is 1.35 bits per heavy atom. The molecule has 1 fully saturated rings. The summed E-state index contributed by atoms with van der Waals surface area (Å²) in [5.74, 6) is 0.440. The Hall–Kier alpha value is -1.94. The van der Waals surface area contributed by atoms with Gasteiger partial charge in [-0.2, -0.15) is 0 Å². The molecule has 1 aliphatic carbocycles. The summed E-state index contributed by atoms with van der Waals surface area (Å²) in [6, 6.07) is 7.92. The van der Waals surface area contributed by atoms with Crippen molar-refractivity contribution in [3.63, 3.8) is 0 Å². The number of pyridine rings is 1. The van der Waals surface area contributed by atoms with Gasteiger partial charge < -0.3 is 10.4 Å². The van der Waals surface area contributed by atoms with Crippen molar-refractivity contribution in [1.82, 2.24) is 10.3 Å². The van der Waals surface area contributed by atoms with Crippen LogP contribution >= 0.6 is 0 Å². The number of hydrogen-bond donors (Lipinski definition) is 2. The lowest BCUT2D eigenvalue weighted by Gasteiger charge is -2.20. The molecule has 0 bridgehead atoms. The van der Waals surface area contributed by atoms with Crippen molar-refractivity contribution in [3.8, 4) is 0 Å². The van der Waals surface area contributed by atoms with E-state index >= 15 is 0 Å². The van der Waals surface area contributed by atoms with Crippen molar-refractivity contribution < 1.29 is 9.90 Å². The fourth-order valence-electron chi connectivity index (χ4n) is 2.72. The molecule has 1 aromatic carbocycles. The van der Waals surface area contributed by atoms with Gasteiger partial charge in [0.2, 0.25) is 0 Å². The lowest BCUT2D eigenvalue weighted by atomic mass is 10.0. The average molecular weight is 312 g/mol. The molecule has 2 atom stereocenters. The van der Waals surface area contributed by atoms with E-state index in [0.717, 1.165) is 35.0 Å². The first-order valence-electron chi connectivity index (χ1n) is 8.32. The summed E-state index contributed by atoms with van der Waals surface area (Å²) in [7, 11) is 0. The summed E-state index contributed by atoms with van der Waals surface area (Å²) in [5, 5.41) is 13.2. The van der Waals surface area contributed by atoms with E-state index in [1.165, 1.54) is 0 Å². The Balaban J connectivity index is 2.00. The highest BCUT2D eigenvalue weighted by atomic mass is 16.3. The van der Waals surface area contributed by atoms with Crippen LogP contribution in [-0.4, -0.2) is 28.6 Å². The van der Waals surface area contributed by atoms with Gasteiger partial charge in [0, 0.05) is 29.6 Å². The number of rotatable bonds is 5. The molecule has 0 radical (unpaired) electrons. The summed E-state index contributed by atoms with van der Waals surface area (Å²) in [5.41, 5.74) is 3.71. The number of hydrogen-bond acceptors (Lipinski definition) is 3. The number of aromatic nitrogens is 1. The first kappa shape index (κ1) is 15.9. The van der Waals surface area contributed by atoms with Gasteiger partial charge in [-0.25, -0.2) is 0 Å². The lowest BCUT2D eigenvalue weighted by Crippen LogP contribution is -2.38. The fourth-order valence-corrected chi connectivity index (χ4v) is 2.72. The monoisotopic (exact) mass is 312 g/mol. The topological polar surface area (TPSA) is 62.2 Å². The largest absolute Gasteiger partial charge is 0.396 e. The van der Waals surface area contributed by atoms with Crippen LogP contribution in [0.4, 0.5) is 0 Å². The number of fused-ring (bicyclic) bond motifs is 1. The molecule has 4 heteroatoms. The lowest BCUT2D eigenvalue weighted by molar-refractivity contribution is 0.0918. The predicted molar refractivity (Wildman–Crippen MR) is 91.6 cm³/mol. The van der Waals surface area contributed by atoms with Gasteiger partial charge >= 0.3 is 0 Å². The Kier molecular flexibility index (Phi) is 4.35. The van der Waals surface area contributed by atoms with Crippen molar-refractivity contribution in [1.29, 1.82) is 0 Å². The highest BCUT2D eigenvalue weighted by molar-refractivity contribution is 6.06. The van der Waals surface area contributed by atoms with E-state index in [4.69, 9.17) is 4.98 Å². The zero-order valence-electron chi connectivity index (χ0n) is 14.0. The maximum Gasteiger partial charge on any atom is 0.252 e. The van der Waals surface area contributed by atoms with Gasteiger partial charge in [-0.15, -0.1) is 0 Å². The number of benzene rings is 1. The molecule has 1 saturated carbocycles. The van der Waals surface area contributed by atoms with Crippen LogP contribution in [0.25, 0.3) is 10.9 Å². The zero-order valence-corrected chi connectivity index (χ0v) is 14.0.